The number of anilines is 3. The first-order valence-electron chi connectivity index (χ1n) is 9.74. The van der Waals surface area contributed by atoms with Crippen LogP contribution in [0.4, 0.5) is 21.5 Å². The van der Waals surface area contributed by atoms with Crippen LogP contribution in [0.2, 0.25) is 0 Å². The number of amides is 3. The first-order valence-corrected chi connectivity index (χ1v) is 10.1. The average Bonchev–Trinajstić information content (AvgIpc) is 3.03. The normalized spacial score (nSPS) is 13.4. The Labute approximate surface area is 193 Å². The van der Waals surface area contributed by atoms with E-state index in [2.05, 4.69) is 10.6 Å². The number of carbonyl (C=O) groups excluding carboxylic acids is 3. The lowest BCUT2D eigenvalue weighted by Gasteiger charge is -2.15. The molecule has 0 saturated carbocycles. The number of benzene rings is 3. The Bertz CT molecular complexity index is 1270. The minimum Gasteiger partial charge on any atom is -0.497 e. The van der Waals surface area contributed by atoms with Crippen molar-refractivity contribution >= 4 is 46.4 Å². The van der Waals surface area contributed by atoms with Crippen molar-refractivity contribution in [1.29, 1.82) is 0 Å². The standard InChI is InChI=1S/C24H17ClFN3O4/c1-33-19-4-2-3-17(13-19)28-22(30)14-5-9-16(10-6-14)27-21-20(25)23(31)29(24(21)32)18-11-7-15(26)8-12-18/h2-13,27H,1H3,(H,28,30). The molecule has 33 heavy (non-hydrogen) atoms. The molecule has 0 saturated heterocycles. The SMILES string of the molecule is COc1cccc(NC(=O)c2ccc(NC3=C(Cl)C(=O)N(c4ccc(F)cc4)C3=O)cc2)c1. The van der Waals surface area contributed by atoms with E-state index >= 15 is 0 Å². The predicted octanol–water partition coefficient (Wildman–Crippen LogP) is 4.52. The molecule has 4 rings (SSSR count). The molecule has 9 heteroatoms. The summed E-state index contributed by atoms with van der Waals surface area (Å²) in [6.07, 6.45) is 0. The highest BCUT2D eigenvalue weighted by molar-refractivity contribution is 6.53. The zero-order valence-corrected chi connectivity index (χ0v) is 18.0. The van der Waals surface area contributed by atoms with Gasteiger partial charge in [-0.2, -0.15) is 0 Å². The first-order chi connectivity index (χ1) is 15.9. The molecule has 0 unspecified atom stereocenters. The molecule has 0 bridgehead atoms. The van der Waals surface area contributed by atoms with E-state index in [-0.39, 0.29) is 22.3 Å². The number of ether oxygens (including phenoxy) is 1. The van der Waals surface area contributed by atoms with E-state index in [4.69, 9.17) is 16.3 Å². The van der Waals surface area contributed by atoms with Crippen LogP contribution in [0.15, 0.2) is 83.5 Å². The fourth-order valence-electron chi connectivity index (χ4n) is 3.19. The molecule has 1 aliphatic heterocycles. The smallest absolute Gasteiger partial charge is 0.283 e. The van der Waals surface area contributed by atoms with Crippen LogP contribution >= 0.6 is 11.6 Å². The molecule has 0 atom stereocenters. The maximum Gasteiger partial charge on any atom is 0.283 e. The Balaban J connectivity index is 1.47. The van der Waals surface area contributed by atoms with Crippen molar-refractivity contribution < 1.29 is 23.5 Å². The number of hydrogen-bond acceptors (Lipinski definition) is 5. The van der Waals surface area contributed by atoms with Gasteiger partial charge in [-0.15, -0.1) is 0 Å². The molecule has 3 amide bonds. The summed E-state index contributed by atoms with van der Waals surface area (Å²) in [6, 6.07) is 18.1. The number of rotatable bonds is 6. The number of nitrogens with zero attached hydrogens (tertiary/aromatic N) is 1. The fraction of sp³-hybridized carbons (Fsp3) is 0.0417. The zero-order chi connectivity index (χ0) is 23.5. The second-order valence-electron chi connectivity index (χ2n) is 7.00. The van der Waals surface area contributed by atoms with Crippen LogP contribution in [0.5, 0.6) is 5.75 Å². The molecule has 7 nitrogen and oxygen atoms in total. The molecule has 1 aliphatic rings. The van der Waals surface area contributed by atoms with Crippen molar-refractivity contribution in [3.05, 3.63) is 94.9 Å². The van der Waals surface area contributed by atoms with Crippen molar-refractivity contribution in [3.63, 3.8) is 0 Å². The van der Waals surface area contributed by atoms with Crippen LogP contribution in [-0.4, -0.2) is 24.8 Å². The third kappa shape index (κ3) is 4.56. The van der Waals surface area contributed by atoms with Crippen molar-refractivity contribution in [2.45, 2.75) is 0 Å². The monoisotopic (exact) mass is 465 g/mol. The number of methoxy groups -OCH3 is 1. The lowest BCUT2D eigenvalue weighted by molar-refractivity contribution is -0.120. The van der Waals surface area contributed by atoms with E-state index in [9.17, 15) is 18.8 Å². The summed E-state index contributed by atoms with van der Waals surface area (Å²) in [6.45, 7) is 0. The van der Waals surface area contributed by atoms with E-state index in [1.807, 2.05) is 0 Å². The molecular weight excluding hydrogens is 449 g/mol. The summed E-state index contributed by atoms with van der Waals surface area (Å²) in [5, 5.41) is 5.31. The number of hydrogen-bond donors (Lipinski definition) is 2. The number of halogens is 2. The molecule has 2 N–H and O–H groups in total. The van der Waals surface area contributed by atoms with E-state index < -0.39 is 17.6 Å². The van der Waals surface area contributed by atoms with Gasteiger partial charge in [0.05, 0.1) is 12.8 Å². The van der Waals surface area contributed by atoms with Gasteiger partial charge in [-0.1, -0.05) is 17.7 Å². The zero-order valence-electron chi connectivity index (χ0n) is 17.3. The highest BCUT2D eigenvalue weighted by atomic mass is 35.5. The molecular formula is C24H17ClFN3O4. The van der Waals surface area contributed by atoms with Gasteiger partial charge in [0.25, 0.3) is 17.7 Å². The highest BCUT2D eigenvalue weighted by Gasteiger charge is 2.38. The van der Waals surface area contributed by atoms with Crippen molar-refractivity contribution in [2.24, 2.45) is 0 Å². The molecule has 0 spiro atoms. The average molecular weight is 466 g/mol. The predicted molar refractivity (Wildman–Crippen MR) is 123 cm³/mol. The largest absolute Gasteiger partial charge is 0.497 e. The molecule has 0 radical (unpaired) electrons. The second kappa shape index (κ2) is 9.13. The van der Waals surface area contributed by atoms with E-state index in [1.54, 1.807) is 48.5 Å². The van der Waals surface area contributed by atoms with Gasteiger partial charge >= 0.3 is 0 Å². The molecule has 3 aromatic rings. The Morgan fingerprint density at radius 3 is 2.30 bits per heavy atom. The second-order valence-corrected chi connectivity index (χ2v) is 7.38. The van der Waals surface area contributed by atoms with Gasteiger partial charge in [-0.05, 0) is 60.7 Å². The van der Waals surface area contributed by atoms with Crippen LogP contribution in [0, 0.1) is 5.82 Å². The minimum absolute atomic E-state index is 0.112. The van der Waals surface area contributed by atoms with E-state index in [0.29, 0.717) is 22.7 Å². The summed E-state index contributed by atoms with van der Waals surface area (Å²) < 4.78 is 18.3. The van der Waals surface area contributed by atoms with Gasteiger partial charge in [0.2, 0.25) is 0 Å². The van der Waals surface area contributed by atoms with Crippen molar-refractivity contribution in [1.82, 2.24) is 0 Å². The summed E-state index contributed by atoms with van der Waals surface area (Å²) in [5.74, 6) is -1.60. The molecule has 0 aromatic heterocycles. The third-order valence-corrected chi connectivity index (χ3v) is 5.21. The Morgan fingerprint density at radius 1 is 0.939 bits per heavy atom. The van der Waals surface area contributed by atoms with Crippen LogP contribution < -0.4 is 20.3 Å². The van der Waals surface area contributed by atoms with Crippen LogP contribution in [-0.2, 0) is 9.59 Å². The lowest BCUT2D eigenvalue weighted by Crippen LogP contribution is -2.32. The van der Waals surface area contributed by atoms with Gasteiger partial charge < -0.3 is 15.4 Å². The van der Waals surface area contributed by atoms with Gasteiger partial charge in [-0.3, -0.25) is 14.4 Å². The summed E-state index contributed by atoms with van der Waals surface area (Å²) in [7, 11) is 1.54. The van der Waals surface area contributed by atoms with Gasteiger partial charge in [-0.25, -0.2) is 9.29 Å². The van der Waals surface area contributed by atoms with Gasteiger partial charge in [0.1, 0.15) is 22.3 Å². The maximum absolute atomic E-state index is 13.2. The molecule has 1 heterocycles. The fourth-order valence-corrected chi connectivity index (χ4v) is 3.40. The molecule has 166 valence electrons. The van der Waals surface area contributed by atoms with E-state index in [1.165, 1.54) is 19.2 Å². The Hall–Kier alpha value is -4.17. The number of nitrogens with one attached hydrogen (secondary N) is 2. The molecule has 0 fully saturated rings. The van der Waals surface area contributed by atoms with Crippen molar-refractivity contribution in [3.8, 4) is 5.75 Å². The Morgan fingerprint density at radius 2 is 1.64 bits per heavy atom. The minimum atomic E-state index is -0.718. The maximum atomic E-state index is 13.2. The Kier molecular flexibility index (Phi) is 6.10. The summed E-state index contributed by atoms with van der Waals surface area (Å²) in [4.78, 5) is 38.6. The van der Waals surface area contributed by atoms with Gasteiger partial charge in [0.15, 0.2) is 0 Å². The van der Waals surface area contributed by atoms with E-state index in [0.717, 1.165) is 17.0 Å². The highest BCUT2D eigenvalue weighted by Crippen LogP contribution is 2.30. The topological polar surface area (TPSA) is 87.7 Å². The number of imide groups is 1. The van der Waals surface area contributed by atoms with Crippen LogP contribution in [0.25, 0.3) is 0 Å². The first kappa shape index (κ1) is 22.0. The third-order valence-electron chi connectivity index (χ3n) is 4.86. The quantitative estimate of drug-likeness (QED) is 0.522. The molecule has 3 aromatic carbocycles. The van der Waals surface area contributed by atoms with Crippen LogP contribution in [0.1, 0.15) is 10.4 Å². The summed E-state index contributed by atoms with van der Waals surface area (Å²) >= 11 is 6.10. The lowest BCUT2D eigenvalue weighted by atomic mass is 10.2. The van der Waals surface area contributed by atoms with Crippen molar-refractivity contribution in [2.75, 3.05) is 22.6 Å². The summed E-state index contributed by atoms with van der Waals surface area (Å²) in [5.41, 5.74) is 1.49. The van der Waals surface area contributed by atoms with Gasteiger partial charge in [0, 0.05) is 23.0 Å². The van der Waals surface area contributed by atoms with Crippen LogP contribution in [0.3, 0.4) is 0 Å². The number of carbonyl (C=O) groups is 3. The molecule has 0 aliphatic carbocycles.